The molecule has 214 valence electrons. The monoisotopic (exact) mass is 581 g/mol. The number of aromatic nitrogens is 1. The zero-order valence-electron chi connectivity index (χ0n) is 23.6. The maximum absolute atomic E-state index is 13.6. The first-order valence-corrected chi connectivity index (χ1v) is 14.7. The summed E-state index contributed by atoms with van der Waals surface area (Å²) in [6.07, 6.45) is 4.86. The molecule has 0 bridgehead atoms. The summed E-state index contributed by atoms with van der Waals surface area (Å²) in [7, 11) is 0. The number of urea groups is 1. The first-order valence-electron chi connectivity index (χ1n) is 13.9. The van der Waals surface area contributed by atoms with Gasteiger partial charge in [-0.25, -0.2) is 9.78 Å². The minimum atomic E-state index is -0.363. The Morgan fingerprint density at radius 2 is 1.90 bits per heavy atom. The molecule has 0 spiro atoms. The first kappa shape index (κ1) is 27.5. The fourth-order valence-electron chi connectivity index (χ4n) is 5.43. The predicted molar refractivity (Wildman–Crippen MR) is 165 cm³/mol. The highest BCUT2D eigenvalue weighted by atomic mass is 32.1. The lowest BCUT2D eigenvalue weighted by atomic mass is 10.0. The number of anilines is 3. The van der Waals surface area contributed by atoms with Crippen LogP contribution in [0, 0.1) is 6.92 Å². The number of hydrogen-bond donors (Lipinski definition) is 2. The Hall–Kier alpha value is -4.70. The quantitative estimate of drug-likeness (QED) is 0.245. The highest BCUT2D eigenvalue weighted by Crippen LogP contribution is 2.46. The standard InChI is InChI=1S/C32H31N5O4S/c1-19(2)16-26(38)36-15-7-8-21(18-36)34-30(39)29-28-27-25(13-14-33-31(27)42-29)37(32(40)35-28)24-12-11-23(17-20(24)3)41-22-9-5-4-6-10-22/h4-6,9-14,16-17,21H,7-8,15,18H2,1-3H3,(H,34,39)(H,35,40). The van der Waals surface area contributed by atoms with Crippen LogP contribution in [0.1, 0.15) is 41.9 Å². The largest absolute Gasteiger partial charge is 0.457 e. The topological polar surface area (TPSA) is 104 Å². The van der Waals surface area contributed by atoms with E-state index < -0.39 is 0 Å². The Bertz CT molecular complexity index is 1730. The van der Waals surface area contributed by atoms with Gasteiger partial charge in [0.1, 0.15) is 21.2 Å². The second-order valence-corrected chi connectivity index (χ2v) is 11.8. The third kappa shape index (κ3) is 5.33. The Morgan fingerprint density at radius 1 is 1.10 bits per heavy atom. The summed E-state index contributed by atoms with van der Waals surface area (Å²) in [4.78, 5) is 48.6. The maximum Gasteiger partial charge on any atom is 0.331 e. The van der Waals surface area contributed by atoms with Crippen LogP contribution >= 0.6 is 11.3 Å². The van der Waals surface area contributed by atoms with Gasteiger partial charge in [0.25, 0.3) is 5.91 Å². The Balaban J connectivity index is 1.27. The molecule has 2 aliphatic heterocycles. The lowest BCUT2D eigenvalue weighted by molar-refractivity contribution is -0.127. The number of likely N-dealkylation sites (tertiary alicyclic amines) is 1. The predicted octanol–water partition coefficient (Wildman–Crippen LogP) is 6.77. The smallest absolute Gasteiger partial charge is 0.331 e. The summed E-state index contributed by atoms with van der Waals surface area (Å²) in [5.74, 6) is 1.07. The number of aryl methyl sites for hydroxylation is 1. The van der Waals surface area contributed by atoms with Gasteiger partial charge in [0.05, 0.1) is 22.4 Å². The van der Waals surface area contributed by atoms with E-state index in [-0.39, 0.29) is 23.9 Å². The summed E-state index contributed by atoms with van der Waals surface area (Å²) in [5.41, 5.74) is 3.61. The number of benzene rings is 2. The van der Waals surface area contributed by atoms with Gasteiger partial charge < -0.3 is 20.3 Å². The van der Waals surface area contributed by atoms with Crippen molar-refractivity contribution in [1.29, 1.82) is 0 Å². The number of hydrogen-bond acceptors (Lipinski definition) is 6. The number of nitrogens with one attached hydrogen (secondary N) is 2. The van der Waals surface area contributed by atoms with Gasteiger partial charge in [0, 0.05) is 31.4 Å². The molecule has 6 rings (SSSR count). The van der Waals surface area contributed by atoms with E-state index >= 15 is 0 Å². The van der Waals surface area contributed by atoms with E-state index in [4.69, 9.17) is 4.74 Å². The molecule has 4 amide bonds. The number of rotatable bonds is 6. The van der Waals surface area contributed by atoms with Crippen molar-refractivity contribution in [2.24, 2.45) is 0 Å². The van der Waals surface area contributed by atoms with Crippen LogP contribution in [0.5, 0.6) is 11.5 Å². The van der Waals surface area contributed by atoms with Gasteiger partial charge in [-0.3, -0.25) is 14.5 Å². The normalized spacial score (nSPS) is 16.2. The number of amides is 4. The van der Waals surface area contributed by atoms with E-state index in [0.717, 1.165) is 35.1 Å². The van der Waals surface area contributed by atoms with E-state index in [2.05, 4.69) is 15.6 Å². The molecular formula is C32H31N5O4S. The van der Waals surface area contributed by atoms with E-state index in [1.807, 2.05) is 69.3 Å². The number of nitrogens with zero attached hydrogens (tertiary/aromatic N) is 3. The zero-order valence-corrected chi connectivity index (χ0v) is 24.5. The molecule has 4 aromatic rings. The van der Waals surface area contributed by atoms with Crippen molar-refractivity contribution in [3.05, 3.63) is 82.9 Å². The molecule has 1 fully saturated rings. The van der Waals surface area contributed by atoms with Crippen LogP contribution in [-0.2, 0) is 4.79 Å². The van der Waals surface area contributed by atoms with Crippen molar-refractivity contribution in [2.45, 2.75) is 39.7 Å². The van der Waals surface area contributed by atoms with Gasteiger partial charge in [0.15, 0.2) is 0 Å². The highest BCUT2D eigenvalue weighted by Gasteiger charge is 2.34. The summed E-state index contributed by atoms with van der Waals surface area (Å²) in [6, 6.07) is 16.4. The van der Waals surface area contributed by atoms with Gasteiger partial charge in [0.2, 0.25) is 5.91 Å². The lowest BCUT2D eigenvalue weighted by Crippen LogP contribution is -2.49. The number of carbonyl (C=O) groups excluding carboxylic acids is 3. The second kappa shape index (κ2) is 11.3. The van der Waals surface area contributed by atoms with Crippen LogP contribution in [0.15, 0.2) is 72.4 Å². The first-order chi connectivity index (χ1) is 20.3. The van der Waals surface area contributed by atoms with Crippen LogP contribution in [0.2, 0.25) is 0 Å². The van der Waals surface area contributed by atoms with Crippen molar-refractivity contribution in [1.82, 2.24) is 15.2 Å². The van der Waals surface area contributed by atoms with Gasteiger partial charge >= 0.3 is 6.03 Å². The SMILES string of the molecule is CC(C)=CC(=O)N1CCCC(NC(=O)c2sc3nccc4c3c2NC(=O)N4c2ccc(Oc3ccccc3)cc2C)C1. The van der Waals surface area contributed by atoms with Gasteiger partial charge in [-0.15, -0.1) is 11.3 Å². The van der Waals surface area contributed by atoms with E-state index in [9.17, 15) is 14.4 Å². The highest BCUT2D eigenvalue weighted by molar-refractivity contribution is 7.21. The molecule has 1 saturated heterocycles. The average molecular weight is 582 g/mol. The van der Waals surface area contributed by atoms with Crippen LogP contribution < -0.4 is 20.3 Å². The molecule has 0 saturated carbocycles. The molecule has 4 heterocycles. The third-order valence-electron chi connectivity index (χ3n) is 7.32. The molecular weight excluding hydrogens is 550 g/mol. The van der Waals surface area contributed by atoms with Gasteiger partial charge in [-0.2, -0.15) is 0 Å². The number of carbonyl (C=O) groups is 3. The van der Waals surface area contributed by atoms with Gasteiger partial charge in [-0.1, -0.05) is 23.8 Å². The molecule has 2 aliphatic rings. The van der Waals surface area contributed by atoms with E-state index in [0.29, 0.717) is 45.6 Å². The molecule has 1 unspecified atom stereocenters. The number of pyridine rings is 1. The van der Waals surface area contributed by atoms with Crippen LogP contribution in [0.4, 0.5) is 21.9 Å². The minimum absolute atomic E-state index is 0.0398. The zero-order chi connectivity index (χ0) is 29.4. The second-order valence-electron chi connectivity index (χ2n) is 10.8. The van der Waals surface area contributed by atoms with E-state index in [1.165, 1.54) is 11.3 Å². The van der Waals surface area contributed by atoms with Crippen LogP contribution in [0.25, 0.3) is 10.2 Å². The summed E-state index contributed by atoms with van der Waals surface area (Å²) in [5, 5.41) is 6.78. The van der Waals surface area contributed by atoms with Crippen molar-refractivity contribution in [3.8, 4) is 11.5 Å². The summed E-state index contributed by atoms with van der Waals surface area (Å²) in [6.45, 7) is 6.82. The van der Waals surface area contributed by atoms with Crippen molar-refractivity contribution < 1.29 is 19.1 Å². The summed E-state index contributed by atoms with van der Waals surface area (Å²) >= 11 is 1.25. The fourth-order valence-corrected chi connectivity index (χ4v) is 6.46. The van der Waals surface area contributed by atoms with Crippen molar-refractivity contribution in [3.63, 3.8) is 0 Å². The van der Waals surface area contributed by atoms with Crippen LogP contribution in [0.3, 0.4) is 0 Å². The lowest BCUT2D eigenvalue weighted by Gasteiger charge is -2.33. The fraction of sp³-hybridized carbons (Fsp3) is 0.250. The number of allylic oxidation sites excluding steroid dienone is 1. The van der Waals surface area contributed by atoms with Crippen molar-refractivity contribution in [2.75, 3.05) is 23.3 Å². The number of piperidine rings is 1. The van der Waals surface area contributed by atoms with E-state index in [1.54, 1.807) is 28.1 Å². The summed E-state index contributed by atoms with van der Waals surface area (Å²) < 4.78 is 5.97. The Kier molecular flexibility index (Phi) is 7.38. The molecule has 2 aromatic heterocycles. The molecule has 10 heteroatoms. The van der Waals surface area contributed by atoms with Crippen molar-refractivity contribution >= 4 is 56.5 Å². The minimum Gasteiger partial charge on any atom is -0.457 e. The molecule has 0 aliphatic carbocycles. The maximum atomic E-state index is 13.6. The van der Waals surface area contributed by atoms with Crippen LogP contribution in [-0.4, -0.2) is 46.9 Å². The number of ether oxygens (including phenoxy) is 1. The number of thiophene rings is 1. The average Bonchev–Trinajstić information content (AvgIpc) is 3.34. The molecule has 2 aromatic carbocycles. The third-order valence-corrected chi connectivity index (χ3v) is 8.42. The molecule has 2 N–H and O–H groups in total. The molecule has 42 heavy (non-hydrogen) atoms. The van der Waals surface area contributed by atoms with Gasteiger partial charge in [-0.05, 0) is 75.6 Å². The number of para-hydroxylation sites is 1. The molecule has 1 atom stereocenters. The molecule has 0 radical (unpaired) electrons. The Morgan fingerprint density at radius 3 is 2.67 bits per heavy atom. The molecule has 9 nitrogen and oxygen atoms in total. The Labute approximate surface area is 247 Å².